The summed E-state index contributed by atoms with van der Waals surface area (Å²) in [7, 11) is -2.52. The van der Waals surface area contributed by atoms with E-state index >= 15 is 8.78 Å². The first-order valence-electron chi connectivity index (χ1n) is 13.0. The number of nitrogens with zero attached hydrogens (tertiary/aromatic N) is 2. The van der Waals surface area contributed by atoms with Gasteiger partial charge in [-0.05, 0) is 63.5 Å². The van der Waals surface area contributed by atoms with Crippen LogP contribution in [0.25, 0.3) is 10.9 Å². The minimum atomic E-state index is -4.11. The van der Waals surface area contributed by atoms with Crippen LogP contribution < -0.4 is 10.2 Å². The number of nitrogens with one attached hydrogen (secondary N) is 2. The largest absolute Gasteiger partial charge is 0.451 e. The third-order valence-electron chi connectivity index (χ3n) is 6.70. The lowest BCUT2D eigenvalue weighted by Gasteiger charge is -2.20. The van der Waals surface area contributed by atoms with Crippen molar-refractivity contribution >= 4 is 49.0 Å². The Morgan fingerprint density at radius 2 is 1.75 bits per heavy atom. The first-order chi connectivity index (χ1) is 21.0. The average Bonchev–Trinajstić information content (AvgIpc) is 3.43. The second-order valence-corrected chi connectivity index (χ2v) is 12.4. The lowest BCUT2D eigenvalue weighted by atomic mass is 10.1. The summed E-state index contributed by atoms with van der Waals surface area (Å²) in [5.41, 5.74) is 3.61. The first-order valence-corrected chi connectivity index (χ1v) is 15.3. The molecule has 13 heteroatoms. The average molecular weight is 686 g/mol. The number of aromatic nitrogens is 1. The Balaban J connectivity index is 1.33. The highest BCUT2D eigenvalue weighted by molar-refractivity contribution is 9.10. The van der Waals surface area contributed by atoms with E-state index in [1.807, 2.05) is 0 Å². The molecule has 0 radical (unpaired) electrons. The van der Waals surface area contributed by atoms with Crippen LogP contribution in [0.2, 0.25) is 0 Å². The maximum Gasteiger partial charge on any atom is 0.268 e. The lowest BCUT2D eigenvalue weighted by molar-refractivity contribution is -0.124. The van der Waals surface area contributed by atoms with Gasteiger partial charge in [-0.3, -0.25) is 10.2 Å². The number of amides is 1. The monoisotopic (exact) mass is 684 g/mol. The van der Waals surface area contributed by atoms with Crippen molar-refractivity contribution in [3.8, 4) is 11.5 Å². The van der Waals surface area contributed by atoms with Crippen LogP contribution in [0.1, 0.15) is 16.7 Å². The molecule has 0 atom stereocenters. The van der Waals surface area contributed by atoms with E-state index in [0.29, 0.717) is 11.1 Å². The van der Waals surface area contributed by atoms with Crippen LogP contribution in [0.5, 0.6) is 11.5 Å². The van der Waals surface area contributed by atoms with Gasteiger partial charge in [0.15, 0.2) is 17.4 Å². The number of halogens is 4. The number of rotatable bonds is 10. The van der Waals surface area contributed by atoms with Crippen molar-refractivity contribution in [3.05, 3.63) is 124 Å². The molecule has 5 aromatic rings. The third-order valence-corrected chi connectivity index (χ3v) is 9.02. The summed E-state index contributed by atoms with van der Waals surface area (Å²) in [5.74, 6) is -3.89. The van der Waals surface area contributed by atoms with E-state index < -0.39 is 39.1 Å². The van der Waals surface area contributed by atoms with Gasteiger partial charge in [0.05, 0.1) is 21.3 Å². The van der Waals surface area contributed by atoms with E-state index in [1.54, 1.807) is 37.4 Å². The van der Waals surface area contributed by atoms with Crippen molar-refractivity contribution in [2.45, 2.75) is 17.9 Å². The van der Waals surface area contributed by atoms with Gasteiger partial charge in [0.1, 0.15) is 11.6 Å². The molecule has 0 bridgehead atoms. The number of carbonyl (C=O) groups excluding carboxylic acids is 1. The fourth-order valence-electron chi connectivity index (χ4n) is 4.61. The zero-order chi connectivity index (χ0) is 31.6. The standard InChI is InChI=1S/C31H24BrF3N4O4S/c1-38(37-28(40)15-19-6-5-9-25(32)29(19)34)18-20-10-11-22(14-21(20)17-36)43-31-26(33)16-27-24(30(31)35)12-13-39(27)44(41,42)23-7-3-2-4-8-23/h2-14,16-17,36H,15,18H2,1H3,(H,37,40). The van der Waals surface area contributed by atoms with Gasteiger partial charge in [-0.1, -0.05) is 36.4 Å². The minimum absolute atomic E-state index is 0.0255. The van der Waals surface area contributed by atoms with Crippen LogP contribution >= 0.6 is 15.9 Å². The van der Waals surface area contributed by atoms with Gasteiger partial charge >= 0.3 is 0 Å². The van der Waals surface area contributed by atoms with Crippen LogP contribution in [-0.2, 0) is 27.8 Å². The topological polar surface area (TPSA) is 104 Å². The van der Waals surface area contributed by atoms with Gasteiger partial charge in [0.2, 0.25) is 5.91 Å². The second-order valence-electron chi connectivity index (χ2n) is 9.75. The Bertz CT molecular complexity index is 2000. The zero-order valence-electron chi connectivity index (χ0n) is 23.0. The molecule has 1 amide bonds. The molecule has 2 N–H and O–H groups in total. The maximum atomic E-state index is 15.5. The second kappa shape index (κ2) is 12.6. The number of fused-ring (bicyclic) bond motifs is 1. The molecule has 0 unspecified atom stereocenters. The number of hydrogen-bond donors (Lipinski definition) is 2. The SMILES string of the molecule is CN(Cc1ccc(Oc2c(F)cc3c(ccn3S(=O)(=O)c3ccccc3)c2F)cc1C=N)NC(=O)Cc1cccc(Br)c1F. The van der Waals surface area contributed by atoms with Crippen molar-refractivity contribution in [2.75, 3.05) is 7.05 Å². The van der Waals surface area contributed by atoms with Gasteiger partial charge in [-0.25, -0.2) is 30.6 Å². The highest BCUT2D eigenvalue weighted by Crippen LogP contribution is 2.35. The molecule has 0 aliphatic carbocycles. The fourth-order valence-corrected chi connectivity index (χ4v) is 6.38. The molecule has 226 valence electrons. The summed E-state index contributed by atoms with van der Waals surface area (Å²) < 4.78 is 77.7. The van der Waals surface area contributed by atoms with Crippen LogP contribution in [0, 0.1) is 22.9 Å². The Morgan fingerprint density at radius 3 is 2.48 bits per heavy atom. The molecule has 0 saturated heterocycles. The quantitative estimate of drug-likeness (QED) is 0.128. The maximum absolute atomic E-state index is 15.5. The van der Waals surface area contributed by atoms with Crippen molar-refractivity contribution in [3.63, 3.8) is 0 Å². The lowest BCUT2D eigenvalue weighted by Crippen LogP contribution is -2.39. The zero-order valence-corrected chi connectivity index (χ0v) is 25.4. The van der Waals surface area contributed by atoms with Gasteiger partial charge in [-0.15, -0.1) is 0 Å². The summed E-state index contributed by atoms with van der Waals surface area (Å²) in [4.78, 5) is 12.4. The van der Waals surface area contributed by atoms with Gasteiger partial charge in [0.25, 0.3) is 10.0 Å². The van der Waals surface area contributed by atoms with Gasteiger partial charge in [-0.2, -0.15) is 0 Å². The molecule has 0 fully saturated rings. The normalized spacial score (nSPS) is 11.6. The van der Waals surface area contributed by atoms with Crippen molar-refractivity contribution < 1.29 is 31.1 Å². The summed E-state index contributed by atoms with van der Waals surface area (Å²) >= 11 is 3.09. The highest BCUT2D eigenvalue weighted by Gasteiger charge is 2.24. The molecule has 8 nitrogen and oxygen atoms in total. The highest BCUT2D eigenvalue weighted by atomic mass is 79.9. The predicted molar refractivity (Wildman–Crippen MR) is 163 cm³/mol. The molecule has 0 saturated carbocycles. The summed E-state index contributed by atoms with van der Waals surface area (Å²) in [5, 5.41) is 9.12. The molecule has 0 aliphatic heterocycles. The van der Waals surface area contributed by atoms with E-state index in [2.05, 4.69) is 21.4 Å². The number of ether oxygens (including phenoxy) is 1. The number of carbonyl (C=O) groups is 1. The molecule has 0 spiro atoms. The Kier molecular flexibility index (Phi) is 8.90. The first kappa shape index (κ1) is 31.0. The Morgan fingerprint density at radius 1 is 1.00 bits per heavy atom. The fraction of sp³-hybridized carbons (Fsp3) is 0.0968. The molecular formula is C31H24BrF3N4O4S. The summed E-state index contributed by atoms with van der Waals surface area (Å²) in [6.07, 6.45) is 1.98. The molecule has 1 aromatic heterocycles. The van der Waals surface area contributed by atoms with Crippen LogP contribution in [-0.4, -0.2) is 36.6 Å². The van der Waals surface area contributed by atoms with E-state index in [-0.39, 0.29) is 44.5 Å². The van der Waals surface area contributed by atoms with Crippen molar-refractivity contribution in [2.24, 2.45) is 0 Å². The predicted octanol–water partition coefficient (Wildman–Crippen LogP) is 6.55. The Labute approximate surface area is 259 Å². The third kappa shape index (κ3) is 6.25. The van der Waals surface area contributed by atoms with Gasteiger partial charge < -0.3 is 10.1 Å². The van der Waals surface area contributed by atoms with Crippen molar-refractivity contribution in [1.82, 2.24) is 14.4 Å². The van der Waals surface area contributed by atoms with E-state index in [9.17, 15) is 17.6 Å². The smallest absolute Gasteiger partial charge is 0.268 e. The van der Waals surface area contributed by atoms with Crippen LogP contribution in [0.3, 0.4) is 0 Å². The van der Waals surface area contributed by atoms with E-state index in [4.69, 9.17) is 10.1 Å². The molecule has 4 aromatic carbocycles. The summed E-state index contributed by atoms with van der Waals surface area (Å²) in [6.45, 7) is 0.149. The van der Waals surface area contributed by atoms with Crippen LogP contribution in [0.15, 0.2) is 94.4 Å². The number of hydrazine groups is 1. The molecule has 44 heavy (non-hydrogen) atoms. The molecule has 0 aliphatic rings. The van der Waals surface area contributed by atoms with Gasteiger partial charge in [0, 0.05) is 43.0 Å². The number of hydrogen-bond acceptors (Lipinski definition) is 6. The molecule has 1 heterocycles. The number of benzene rings is 4. The minimum Gasteiger partial charge on any atom is -0.451 e. The van der Waals surface area contributed by atoms with E-state index in [0.717, 1.165) is 22.5 Å². The van der Waals surface area contributed by atoms with Crippen LogP contribution in [0.4, 0.5) is 13.2 Å². The van der Waals surface area contributed by atoms with E-state index in [1.165, 1.54) is 47.5 Å². The molecular weight excluding hydrogens is 661 g/mol. The van der Waals surface area contributed by atoms with Crippen molar-refractivity contribution in [1.29, 1.82) is 5.41 Å². The summed E-state index contributed by atoms with van der Waals surface area (Å²) in [6, 6.07) is 18.7. The molecule has 5 rings (SSSR count). The Hall–Kier alpha value is -4.46.